The summed E-state index contributed by atoms with van der Waals surface area (Å²) in [4.78, 5) is 2.76. The van der Waals surface area contributed by atoms with E-state index in [0.29, 0.717) is 11.0 Å². The highest BCUT2D eigenvalue weighted by atomic mass is 79.9. The molecule has 0 heterocycles. The van der Waals surface area contributed by atoms with Gasteiger partial charge in [-0.3, -0.25) is 0 Å². The number of benzene rings is 1. The van der Waals surface area contributed by atoms with Crippen LogP contribution < -0.4 is 10.6 Å². The molecule has 0 amide bonds. The maximum Gasteiger partial charge on any atom is 0.106 e. The van der Waals surface area contributed by atoms with Crippen LogP contribution in [0.2, 0.25) is 0 Å². The number of thiocarbonyl (C=S) groups is 1. The average molecular weight is 299 g/mol. The van der Waals surface area contributed by atoms with Crippen molar-refractivity contribution in [2.24, 2.45) is 5.73 Å². The molecule has 0 aliphatic heterocycles. The Morgan fingerprint density at radius 3 is 2.69 bits per heavy atom. The fourth-order valence-electron chi connectivity index (χ4n) is 1.98. The second-order valence-electron chi connectivity index (χ2n) is 4.22. The van der Waals surface area contributed by atoms with Gasteiger partial charge in [-0.15, -0.1) is 0 Å². The van der Waals surface area contributed by atoms with Crippen LogP contribution in [0.15, 0.2) is 22.7 Å². The lowest BCUT2D eigenvalue weighted by Gasteiger charge is -2.37. The first-order chi connectivity index (χ1) is 7.59. The van der Waals surface area contributed by atoms with Crippen molar-refractivity contribution in [1.82, 2.24) is 0 Å². The smallest absolute Gasteiger partial charge is 0.106 e. The predicted molar refractivity (Wildman–Crippen MR) is 76.1 cm³/mol. The Kier molecular flexibility index (Phi) is 3.50. The molecular weight excluding hydrogens is 284 g/mol. The number of nitrogens with two attached hydrogens (primary N) is 1. The largest absolute Gasteiger partial charge is 0.389 e. The Morgan fingerprint density at radius 2 is 2.19 bits per heavy atom. The highest BCUT2D eigenvalue weighted by Crippen LogP contribution is 2.31. The molecule has 0 aromatic heterocycles. The molecule has 1 aromatic rings. The third-order valence-corrected chi connectivity index (χ3v) is 3.94. The molecule has 2 nitrogen and oxygen atoms in total. The van der Waals surface area contributed by atoms with Gasteiger partial charge in [-0.25, -0.2) is 0 Å². The molecule has 1 fully saturated rings. The fraction of sp³-hybridized carbons (Fsp3) is 0.417. The van der Waals surface area contributed by atoms with Gasteiger partial charge in [-0.1, -0.05) is 28.1 Å². The predicted octanol–water partition coefficient (Wildman–Crippen LogP) is 3.07. The Labute approximate surface area is 110 Å². The van der Waals surface area contributed by atoms with E-state index in [4.69, 9.17) is 18.0 Å². The molecule has 0 unspecified atom stereocenters. The second-order valence-corrected chi connectivity index (χ2v) is 5.58. The Bertz CT molecular complexity index is 415. The molecule has 1 aromatic carbocycles. The number of anilines is 1. The lowest BCUT2D eigenvalue weighted by Crippen LogP contribution is -2.38. The lowest BCUT2D eigenvalue weighted by atomic mass is 9.91. The van der Waals surface area contributed by atoms with E-state index < -0.39 is 0 Å². The van der Waals surface area contributed by atoms with Gasteiger partial charge >= 0.3 is 0 Å². The van der Waals surface area contributed by atoms with Gasteiger partial charge in [-0.2, -0.15) is 0 Å². The maximum absolute atomic E-state index is 5.76. The van der Waals surface area contributed by atoms with Crippen LogP contribution in [0.5, 0.6) is 0 Å². The first-order valence-electron chi connectivity index (χ1n) is 5.42. The number of halogens is 1. The standard InChI is InChI=1S/C12H15BrN2S/c1-15(9-3-2-4-9)11-6-5-8(13)7-10(11)12(14)16/h5-7,9H,2-4H2,1H3,(H2,14,16). The van der Waals surface area contributed by atoms with Gasteiger partial charge in [0.05, 0.1) is 0 Å². The lowest BCUT2D eigenvalue weighted by molar-refractivity contribution is 0.401. The van der Waals surface area contributed by atoms with Crippen molar-refractivity contribution in [3.8, 4) is 0 Å². The van der Waals surface area contributed by atoms with Crippen molar-refractivity contribution in [1.29, 1.82) is 0 Å². The number of nitrogens with zero attached hydrogens (tertiary/aromatic N) is 1. The van der Waals surface area contributed by atoms with Gasteiger partial charge in [0.1, 0.15) is 4.99 Å². The molecule has 1 aliphatic rings. The molecule has 1 saturated carbocycles. The summed E-state index contributed by atoms with van der Waals surface area (Å²) in [5, 5.41) is 0. The molecule has 86 valence electrons. The molecule has 16 heavy (non-hydrogen) atoms. The van der Waals surface area contributed by atoms with E-state index in [1.165, 1.54) is 19.3 Å². The molecule has 4 heteroatoms. The van der Waals surface area contributed by atoms with Crippen LogP contribution in [0.1, 0.15) is 24.8 Å². The van der Waals surface area contributed by atoms with Gasteiger partial charge in [-0.05, 0) is 37.5 Å². The summed E-state index contributed by atoms with van der Waals surface area (Å²) < 4.78 is 1.01. The fourth-order valence-corrected chi connectivity index (χ4v) is 2.51. The van der Waals surface area contributed by atoms with E-state index >= 15 is 0 Å². The minimum Gasteiger partial charge on any atom is -0.389 e. The average Bonchev–Trinajstić information content (AvgIpc) is 2.14. The monoisotopic (exact) mass is 298 g/mol. The topological polar surface area (TPSA) is 29.3 Å². The number of rotatable bonds is 3. The van der Waals surface area contributed by atoms with Crippen LogP contribution in [0.3, 0.4) is 0 Å². The van der Waals surface area contributed by atoms with Crippen molar-refractivity contribution < 1.29 is 0 Å². The third-order valence-electron chi connectivity index (χ3n) is 3.23. The van der Waals surface area contributed by atoms with Gasteiger partial charge in [0.25, 0.3) is 0 Å². The normalized spacial score (nSPS) is 15.6. The molecule has 0 radical (unpaired) electrons. The highest BCUT2D eigenvalue weighted by molar-refractivity contribution is 9.10. The number of hydrogen-bond acceptors (Lipinski definition) is 2. The molecule has 2 rings (SSSR count). The first kappa shape index (κ1) is 11.9. The van der Waals surface area contributed by atoms with E-state index in [9.17, 15) is 0 Å². The zero-order valence-corrected chi connectivity index (χ0v) is 11.6. The summed E-state index contributed by atoms with van der Waals surface area (Å²) in [6.07, 6.45) is 3.86. The molecule has 0 spiro atoms. The first-order valence-corrected chi connectivity index (χ1v) is 6.62. The van der Waals surface area contributed by atoms with Gasteiger partial charge in [0.2, 0.25) is 0 Å². The van der Waals surface area contributed by atoms with E-state index in [2.05, 4.69) is 33.9 Å². The Hall–Kier alpha value is -0.610. The SMILES string of the molecule is CN(c1ccc(Br)cc1C(N)=S)C1CCC1. The summed E-state index contributed by atoms with van der Waals surface area (Å²) in [7, 11) is 2.12. The molecule has 1 aliphatic carbocycles. The summed E-state index contributed by atoms with van der Waals surface area (Å²) in [6, 6.07) is 6.75. The Morgan fingerprint density at radius 1 is 1.50 bits per heavy atom. The Balaban J connectivity index is 2.34. The van der Waals surface area contributed by atoms with Gasteiger partial charge in [0.15, 0.2) is 0 Å². The van der Waals surface area contributed by atoms with Crippen molar-refractivity contribution >= 4 is 38.8 Å². The summed E-state index contributed by atoms with van der Waals surface area (Å²) >= 11 is 8.55. The molecule has 0 saturated heterocycles. The van der Waals surface area contributed by atoms with Crippen LogP contribution in [0, 0.1) is 0 Å². The van der Waals surface area contributed by atoms with E-state index in [1.807, 2.05) is 12.1 Å². The molecular formula is C12H15BrN2S. The summed E-state index contributed by atoms with van der Waals surface area (Å²) in [5.41, 5.74) is 7.86. The zero-order chi connectivity index (χ0) is 11.7. The highest BCUT2D eigenvalue weighted by Gasteiger charge is 2.24. The van der Waals surface area contributed by atoms with Gasteiger partial charge < -0.3 is 10.6 Å². The minimum absolute atomic E-state index is 0.461. The zero-order valence-electron chi connectivity index (χ0n) is 9.24. The third kappa shape index (κ3) is 2.23. The van der Waals surface area contributed by atoms with Gasteiger partial charge in [0, 0.05) is 28.8 Å². The van der Waals surface area contributed by atoms with Crippen LogP contribution in [0.4, 0.5) is 5.69 Å². The van der Waals surface area contributed by atoms with Crippen LogP contribution in [0.25, 0.3) is 0 Å². The maximum atomic E-state index is 5.76. The van der Waals surface area contributed by atoms with Crippen molar-refractivity contribution in [2.75, 3.05) is 11.9 Å². The second kappa shape index (κ2) is 4.72. The van der Waals surface area contributed by atoms with Crippen LogP contribution >= 0.6 is 28.1 Å². The number of hydrogen-bond donors (Lipinski definition) is 1. The molecule has 0 atom stereocenters. The van der Waals surface area contributed by atoms with Crippen molar-refractivity contribution in [2.45, 2.75) is 25.3 Å². The van der Waals surface area contributed by atoms with E-state index in [0.717, 1.165) is 15.7 Å². The quantitative estimate of drug-likeness (QED) is 0.870. The van der Waals surface area contributed by atoms with Crippen molar-refractivity contribution in [3.05, 3.63) is 28.2 Å². The summed E-state index contributed by atoms with van der Waals surface area (Å²) in [6.45, 7) is 0. The van der Waals surface area contributed by atoms with Crippen LogP contribution in [-0.4, -0.2) is 18.1 Å². The van der Waals surface area contributed by atoms with Crippen molar-refractivity contribution in [3.63, 3.8) is 0 Å². The minimum atomic E-state index is 0.461. The summed E-state index contributed by atoms with van der Waals surface area (Å²) in [5.74, 6) is 0. The van der Waals surface area contributed by atoms with Crippen LogP contribution in [-0.2, 0) is 0 Å². The van der Waals surface area contributed by atoms with E-state index in [1.54, 1.807) is 0 Å². The van der Waals surface area contributed by atoms with E-state index in [-0.39, 0.29) is 0 Å². The molecule has 0 bridgehead atoms. The molecule has 2 N–H and O–H groups in total.